The molecule has 0 bridgehead atoms. The first-order valence-electron chi connectivity index (χ1n) is 8.26. The second-order valence-corrected chi connectivity index (χ2v) is 7.33. The molecule has 0 amide bonds. The number of rotatable bonds is 3. The summed E-state index contributed by atoms with van der Waals surface area (Å²) in [6.45, 7) is 3.50. The molecule has 1 aromatic rings. The molecule has 2 nitrogen and oxygen atoms in total. The van der Waals surface area contributed by atoms with Crippen LogP contribution in [0.2, 0.25) is 0 Å². The molecule has 6 heteroatoms. The van der Waals surface area contributed by atoms with E-state index in [0.29, 0.717) is 10.4 Å². The van der Waals surface area contributed by atoms with E-state index in [1.807, 2.05) is 0 Å². The molecular weight excluding hydrogens is 386 g/mol. The Labute approximate surface area is 151 Å². The third-order valence-electron chi connectivity index (χ3n) is 4.98. The molecule has 1 saturated heterocycles. The van der Waals surface area contributed by atoms with Crippen molar-refractivity contribution in [1.82, 2.24) is 10.2 Å². The van der Waals surface area contributed by atoms with Crippen LogP contribution in [0.15, 0.2) is 16.6 Å². The minimum Gasteiger partial charge on any atom is -0.314 e. The number of piperazine rings is 1. The van der Waals surface area contributed by atoms with Crippen molar-refractivity contribution >= 4 is 28.3 Å². The van der Waals surface area contributed by atoms with Gasteiger partial charge in [0.15, 0.2) is 0 Å². The maximum absolute atomic E-state index is 14.6. The molecule has 1 saturated carbocycles. The second kappa shape index (κ2) is 8.75. The fourth-order valence-electron chi connectivity index (χ4n) is 3.96. The second-order valence-electron chi connectivity index (χ2n) is 6.41. The molecule has 3 rings (SSSR count). The Kier molecular flexibility index (Phi) is 7.26. The van der Waals surface area contributed by atoms with Gasteiger partial charge in [0.2, 0.25) is 0 Å². The molecule has 0 aromatic heterocycles. The summed E-state index contributed by atoms with van der Waals surface area (Å²) in [5.74, 6) is -0.473. The highest BCUT2D eigenvalue weighted by Gasteiger charge is 2.34. The molecule has 2 fully saturated rings. The van der Waals surface area contributed by atoms with Crippen LogP contribution in [0.4, 0.5) is 8.78 Å². The van der Waals surface area contributed by atoms with Gasteiger partial charge in [-0.3, -0.25) is 4.90 Å². The Morgan fingerprint density at radius 1 is 1.04 bits per heavy atom. The van der Waals surface area contributed by atoms with Crippen molar-refractivity contribution in [3.8, 4) is 0 Å². The van der Waals surface area contributed by atoms with E-state index in [1.54, 1.807) is 0 Å². The third-order valence-corrected chi connectivity index (χ3v) is 5.44. The molecule has 1 atom stereocenters. The van der Waals surface area contributed by atoms with Gasteiger partial charge in [-0.05, 0) is 30.9 Å². The summed E-state index contributed by atoms with van der Waals surface area (Å²) in [6, 6.07) is 2.67. The van der Waals surface area contributed by atoms with Gasteiger partial charge in [-0.15, -0.1) is 12.4 Å². The Morgan fingerprint density at radius 3 is 2.17 bits per heavy atom. The van der Waals surface area contributed by atoms with Gasteiger partial charge in [0.25, 0.3) is 0 Å². The SMILES string of the molecule is Cl.Fc1cc(Br)cc(F)c1[C@@H](C1CCCCC1)N1CCNCC1. The number of hydrogen-bond acceptors (Lipinski definition) is 2. The maximum atomic E-state index is 14.6. The topological polar surface area (TPSA) is 15.3 Å². The van der Waals surface area contributed by atoms with Gasteiger partial charge in [-0.1, -0.05) is 35.2 Å². The van der Waals surface area contributed by atoms with E-state index in [2.05, 4.69) is 26.1 Å². The minimum atomic E-state index is -0.416. The molecule has 130 valence electrons. The highest BCUT2D eigenvalue weighted by atomic mass is 79.9. The van der Waals surface area contributed by atoms with Crippen molar-refractivity contribution in [2.24, 2.45) is 5.92 Å². The smallest absolute Gasteiger partial charge is 0.132 e. The fraction of sp³-hybridized carbons (Fsp3) is 0.647. The average Bonchev–Trinajstić information content (AvgIpc) is 2.52. The Bertz CT molecular complexity index is 476. The van der Waals surface area contributed by atoms with Gasteiger partial charge in [-0.2, -0.15) is 0 Å². The molecular formula is C17H24BrClF2N2. The monoisotopic (exact) mass is 408 g/mol. The lowest BCUT2D eigenvalue weighted by molar-refractivity contribution is 0.0976. The van der Waals surface area contributed by atoms with Crippen molar-refractivity contribution < 1.29 is 8.78 Å². The molecule has 0 spiro atoms. The first-order valence-corrected chi connectivity index (χ1v) is 9.05. The van der Waals surface area contributed by atoms with E-state index >= 15 is 0 Å². The van der Waals surface area contributed by atoms with Gasteiger partial charge in [0, 0.05) is 42.3 Å². The predicted molar refractivity (Wildman–Crippen MR) is 95.1 cm³/mol. The summed E-state index contributed by atoms with van der Waals surface area (Å²) in [5, 5.41) is 3.33. The highest BCUT2D eigenvalue weighted by molar-refractivity contribution is 9.10. The van der Waals surface area contributed by atoms with Crippen LogP contribution in [0.5, 0.6) is 0 Å². The number of nitrogens with zero attached hydrogens (tertiary/aromatic N) is 1. The zero-order valence-electron chi connectivity index (χ0n) is 13.2. The van der Waals surface area contributed by atoms with Gasteiger partial charge in [0.05, 0.1) is 0 Å². The number of halogens is 4. The van der Waals surface area contributed by atoms with Crippen LogP contribution in [0.25, 0.3) is 0 Å². The summed E-state index contributed by atoms with van der Waals surface area (Å²) >= 11 is 3.18. The maximum Gasteiger partial charge on any atom is 0.132 e. The van der Waals surface area contributed by atoms with E-state index in [4.69, 9.17) is 0 Å². The molecule has 0 radical (unpaired) electrons. The van der Waals surface area contributed by atoms with Crippen LogP contribution < -0.4 is 5.32 Å². The molecule has 1 aromatic carbocycles. The van der Waals surface area contributed by atoms with Gasteiger partial charge in [-0.25, -0.2) is 8.78 Å². The molecule has 1 aliphatic carbocycles. The molecule has 2 aliphatic rings. The van der Waals surface area contributed by atoms with Crippen molar-refractivity contribution in [1.29, 1.82) is 0 Å². The lowest BCUT2D eigenvalue weighted by atomic mass is 9.80. The summed E-state index contributed by atoms with van der Waals surface area (Å²) in [6.07, 6.45) is 5.74. The quantitative estimate of drug-likeness (QED) is 0.780. The number of nitrogens with one attached hydrogen (secondary N) is 1. The average molecular weight is 410 g/mol. The van der Waals surface area contributed by atoms with E-state index in [9.17, 15) is 8.78 Å². The van der Waals surface area contributed by atoms with Crippen LogP contribution in [-0.4, -0.2) is 31.1 Å². The summed E-state index contributed by atoms with van der Waals surface area (Å²) in [5.41, 5.74) is 0.275. The standard InChI is InChI=1S/C17H23BrF2N2.ClH/c18-13-10-14(19)16(15(20)11-13)17(12-4-2-1-3-5-12)22-8-6-21-7-9-22;/h10-12,17,21H,1-9H2;1H/t17-;/m1./s1. The van der Waals surface area contributed by atoms with Crippen molar-refractivity contribution in [3.05, 3.63) is 33.8 Å². The molecule has 1 aliphatic heterocycles. The summed E-state index contributed by atoms with van der Waals surface area (Å²) in [7, 11) is 0. The lowest BCUT2D eigenvalue weighted by Crippen LogP contribution is -2.47. The van der Waals surface area contributed by atoms with Gasteiger partial charge in [0.1, 0.15) is 11.6 Å². The summed E-state index contributed by atoms with van der Waals surface area (Å²) < 4.78 is 29.6. The van der Waals surface area contributed by atoms with E-state index in [1.165, 1.54) is 31.4 Å². The Balaban J connectivity index is 0.00000192. The minimum absolute atomic E-state index is 0. The van der Waals surface area contributed by atoms with Crippen LogP contribution in [0.1, 0.15) is 43.7 Å². The van der Waals surface area contributed by atoms with Crippen LogP contribution in [0, 0.1) is 17.6 Å². The highest BCUT2D eigenvalue weighted by Crippen LogP contribution is 2.41. The zero-order chi connectivity index (χ0) is 15.5. The third kappa shape index (κ3) is 4.44. The largest absolute Gasteiger partial charge is 0.314 e. The van der Waals surface area contributed by atoms with Gasteiger partial charge < -0.3 is 5.32 Å². The molecule has 1 heterocycles. The van der Waals surface area contributed by atoms with Crippen molar-refractivity contribution in [2.75, 3.05) is 26.2 Å². The van der Waals surface area contributed by atoms with E-state index in [-0.39, 0.29) is 24.0 Å². The van der Waals surface area contributed by atoms with Crippen molar-refractivity contribution in [3.63, 3.8) is 0 Å². The first kappa shape index (κ1) is 19.1. The van der Waals surface area contributed by atoms with Gasteiger partial charge >= 0.3 is 0 Å². The van der Waals surface area contributed by atoms with E-state index in [0.717, 1.165) is 39.0 Å². The fourth-order valence-corrected chi connectivity index (χ4v) is 4.36. The van der Waals surface area contributed by atoms with Crippen LogP contribution in [-0.2, 0) is 0 Å². The lowest BCUT2D eigenvalue weighted by Gasteiger charge is -2.41. The molecule has 23 heavy (non-hydrogen) atoms. The Morgan fingerprint density at radius 2 is 1.61 bits per heavy atom. The molecule has 0 unspecified atom stereocenters. The van der Waals surface area contributed by atoms with Crippen LogP contribution in [0.3, 0.4) is 0 Å². The van der Waals surface area contributed by atoms with Crippen molar-refractivity contribution in [2.45, 2.75) is 38.1 Å². The first-order chi connectivity index (χ1) is 10.7. The summed E-state index contributed by atoms with van der Waals surface area (Å²) in [4.78, 5) is 2.28. The normalized spacial score (nSPS) is 21.7. The Hall–Kier alpha value is -0.230. The van der Waals surface area contributed by atoms with E-state index < -0.39 is 11.6 Å². The molecule has 1 N–H and O–H groups in total. The van der Waals surface area contributed by atoms with Crippen LogP contribution >= 0.6 is 28.3 Å². The number of hydrogen-bond donors (Lipinski definition) is 1. The zero-order valence-corrected chi connectivity index (χ0v) is 15.6. The number of benzene rings is 1. The predicted octanol–water partition coefficient (Wildman–Crippen LogP) is 4.68.